The van der Waals surface area contributed by atoms with E-state index in [1.165, 1.54) is 0 Å². The molecule has 2 unspecified atom stereocenters. The molecule has 0 spiro atoms. The van der Waals surface area contributed by atoms with Gasteiger partial charge in [0.25, 0.3) is 0 Å². The summed E-state index contributed by atoms with van der Waals surface area (Å²) < 4.78 is 17.6. The van der Waals surface area contributed by atoms with E-state index >= 15 is 0 Å². The van der Waals surface area contributed by atoms with E-state index in [-0.39, 0.29) is 10.9 Å². The van der Waals surface area contributed by atoms with Gasteiger partial charge in [0.2, 0.25) is 0 Å². The van der Waals surface area contributed by atoms with Crippen LogP contribution in [-0.2, 0) is 9.47 Å². The molecule has 1 aromatic carbocycles. The number of rotatable bonds is 4. The number of benzene rings is 1. The first-order valence-corrected chi connectivity index (χ1v) is 7.69. The lowest BCUT2D eigenvalue weighted by Crippen LogP contribution is -2.31. The first kappa shape index (κ1) is 14.3. The molecule has 0 amide bonds. The van der Waals surface area contributed by atoms with Crippen molar-refractivity contribution in [2.24, 2.45) is 0 Å². The summed E-state index contributed by atoms with van der Waals surface area (Å²) in [6, 6.07) is 6.08. The van der Waals surface area contributed by atoms with Gasteiger partial charge in [0.05, 0.1) is 41.8 Å². The number of hydrogen-bond acceptors (Lipinski definition) is 3. The summed E-state index contributed by atoms with van der Waals surface area (Å²) >= 11 is 7.20. The van der Waals surface area contributed by atoms with Gasteiger partial charge in [-0.05, 0) is 40.5 Å². The molecule has 0 saturated carbocycles. The Morgan fingerprint density at radius 2 is 2.28 bits per heavy atom. The summed E-state index contributed by atoms with van der Waals surface area (Å²) in [7, 11) is 0. The van der Waals surface area contributed by atoms with Gasteiger partial charge in [-0.1, -0.05) is 22.0 Å². The zero-order valence-electron chi connectivity index (χ0n) is 10.2. The lowest BCUT2D eigenvalue weighted by molar-refractivity contribution is -0.0876. The summed E-state index contributed by atoms with van der Waals surface area (Å²) in [5.41, 5.74) is 1.15. The van der Waals surface area contributed by atoms with E-state index in [9.17, 15) is 0 Å². The van der Waals surface area contributed by atoms with Gasteiger partial charge in [0, 0.05) is 0 Å². The zero-order valence-corrected chi connectivity index (χ0v) is 13.4. The molecule has 2 rings (SSSR count). The molecule has 1 aliphatic rings. The molecule has 5 heteroatoms. The maximum atomic E-state index is 5.69. The quantitative estimate of drug-likeness (QED) is 0.746. The van der Waals surface area contributed by atoms with Crippen molar-refractivity contribution in [3.8, 4) is 5.75 Å². The van der Waals surface area contributed by atoms with Gasteiger partial charge in [-0.2, -0.15) is 0 Å². The smallest absolute Gasteiger partial charge is 0.133 e. The third-order valence-corrected chi connectivity index (χ3v) is 4.48. The van der Waals surface area contributed by atoms with E-state index in [1.54, 1.807) is 0 Å². The molecule has 100 valence electrons. The second-order valence-corrected chi connectivity index (χ2v) is 5.85. The molecule has 0 aliphatic carbocycles. The highest BCUT2D eigenvalue weighted by atomic mass is 79.9. The van der Waals surface area contributed by atoms with E-state index in [0.29, 0.717) is 26.4 Å². The molecule has 2 atom stereocenters. The first-order chi connectivity index (χ1) is 8.72. The molecule has 1 aromatic rings. The highest BCUT2D eigenvalue weighted by Crippen LogP contribution is 2.34. The predicted molar refractivity (Wildman–Crippen MR) is 77.5 cm³/mol. The summed E-state index contributed by atoms with van der Waals surface area (Å²) in [4.78, 5) is 0.129. The van der Waals surface area contributed by atoms with Gasteiger partial charge in [-0.15, -0.1) is 0 Å². The Balaban J connectivity index is 2.10. The van der Waals surface area contributed by atoms with Crippen LogP contribution in [-0.4, -0.2) is 32.5 Å². The number of halogens is 2. The van der Waals surface area contributed by atoms with Gasteiger partial charge < -0.3 is 14.2 Å². The Bertz CT molecular complexity index is 392. The second-order valence-electron chi connectivity index (χ2n) is 4.01. The molecule has 1 aliphatic heterocycles. The Morgan fingerprint density at radius 1 is 1.44 bits per heavy atom. The lowest BCUT2D eigenvalue weighted by Gasteiger charge is -2.27. The van der Waals surface area contributed by atoms with E-state index < -0.39 is 0 Å². The monoisotopic (exact) mass is 378 g/mol. The van der Waals surface area contributed by atoms with Crippen LogP contribution in [0.4, 0.5) is 0 Å². The molecule has 1 fully saturated rings. The molecule has 1 saturated heterocycles. The topological polar surface area (TPSA) is 27.7 Å². The SMILES string of the molecule is CCOc1ccc(C(Br)C2COCCO2)cc1Br. The van der Waals surface area contributed by atoms with Gasteiger partial charge in [0.1, 0.15) is 5.75 Å². The summed E-state index contributed by atoms with van der Waals surface area (Å²) in [6.45, 7) is 4.60. The van der Waals surface area contributed by atoms with E-state index in [4.69, 9.17) is 14.2 Å². The Hall–Kier alpha value is -0.100. The Morgan fingerprint density at radius 3 is 2.89 bits per heavy atom. The molecule has 18 heavy (non-hydrogen) atoms. The Kier molecular flexibility index (Phi) is 5.48. The molecular formula is C13H16Br2O3. The molecule has 0 bridgehead atoms. The second kappa shape index (κ2) is 6.89. The van der Waals surface area contributed by atoms with Crippen LogP contribution < -0.4 is 4.74 Å². The number of hydrogen-bond donors (Lipinski definition) is 0. The van der Waals surface area contributed by atoms with Crippen molar-refractivity contribution in [2.75, 3.05) is 26.4 Å². The third-order valence-electron chi connectivity index (χ3n) is 2.74. The number of ether oxygens (including phenoxy) is 3. The van der Waals surface area contributed by atoms with Crippen molar-refractivity contribution < 1.29 is 14.2 Å². The van der Waals surface area contributed by atoms with Crippen LogP contribution >= 0.6 is 31.9 Å². The van der Waals surface area contributed by atoms with Gasteiger partial charge in [-0.25, -0.2) is 0 Å². The molecule has 3 nitrogen and oxygen atoms in total. The number of alkyl halides is 1. The average Bonchev–Trinajstić information content (AvgIpc) is 2.41. The molecular weight excluding hydrogens is 364 g/mol. The average molecular weight is 380 g/mol. The first-order valence-electron chi connectivity index (χ1n) is 5.98. The van der Waals surface area contributed by atoms with Crippen molar-refractivity contribution >= 4 is 31.9 Å². The summed E-state index contributed by atoms with van der Waals surface area (Å²) in [5, 5.41) is 0. The fourth-order valence-corrected chi connectivity index (χ4v) is 2.95. The third kappa shape index (κ3) is 3.47. The normalized spacial score (nSPS) is 21.6. The highest BCUT2D eigenvalue weighted by molar-refractivity contribution is 9.10. The molecule has 0 N–H and O–H groups in total. The highest BCUT2D eigenvalue weighted by Gasteiger charge is 2.24. The fourth-order valence-electron chi connectivity index (χ4n) is 1.85. The molecule has 0 aromatic heterocycles. The van der Waals surface area contributed by atoms with Gasteiger partial charge in [-0.3, -0.25) is 0 Å². The predicted octanol–water partition coefficient (Wildman–Crippen LogP) is 3.70. The fraction of sp³-hybridized carbons (Fsp3) is 0.538. The minimum atomic E-state index is 0.0589. The standard InChI is InChI=1S/C13H16Br2O3/c1-2-17-11-4-3-9(7-10(11)14)13(15)12-8-16-5-6-18-12/h3-4,7,12-13H,2,5-6,8H2,1H3. The zero-order chi connectivity index (χ0) is 13.0. The van der Waals surface area contributed by atoms with Crippen LogP contribution in [0.15, 0.2) is 22.7 Å². The van der Waals surface area contributed by atoms with E-state index in [1.807, 2.05) is 19.1 Å². The molecule has 0 radical (unpaired) electrons. The van der Waals surface area contributed by atoms with Crippen LogP contribution in [0.1, 0.15) is 17.3 Å². The van der Waals surface area contributed by atoms with E-state index in [0.717, 1.165) is 15.8 Å². The van der Waals surface area contributed by atoms with E-state index in [2.05, 4.69) is 37.9 Å². The van der Waals surface area contributed by atoms with Crippen LogP contribution in [0.3, 0.4) is 0 Å². The van der Waals surface area contributed by atoms with Gasteiger partial charge >= 0.3 is 0 Å². The van der Waals surface area contributed by atoms with Crippen LogP contribution in [0.5, 0.6) is 5.75 Å². The minimum Gasteiger partial charge on any atom is -0.493 e. The summed E-state index contributed by atoms with van der Waals surface area (Å²) in [6.07, 6.45) is 0.0589. The maximum absolute atomic E-state index is 5.69. The van der Waals surface area contributed by atoms with Crippen molar-refractivity contribution in [3.05, 3.63) is 28.2 Å². The Labute approximate surface area is 124 Å². The van der Waals surface area contributed by atoms with Crippen molar-refractivity contribution in [1.82, 2.24) is 0 Å². The van der Waals surface area contributed by atoms with Crippen LogP contribution in [0.25, 0.3) is 0 Å². The molecule has 1 heterocycles. The largest absolute Gasteiger partial charge is 0.493 e. The summed E-state index contributed by atoms with van der Waals surface area (Å²) in [5.74, 6) is 0.863. The lowest BCUT2D eigenvalue weighted by atomic mass is 10.1. The maximum Gasteiger partial charge on any atom is 0.133 e. The van der Waals surface area contributed by atoms with Crippen LogP contribution in [0.2, 0.25) is 0 Å². The van der Waals surface area contributed by atoms with Crippen molar-refractivity contribution in [1.29, 1.82) is 0 Å². The van der Waals surface area contributed by atoms with Crippen molar-refractivity contribution in [2.45, 2.75) is 17.9 Å². The minimum absolute atomic E-state index is 0.0589. The van der Waals surface area contributed by atoms with Crippen molar-refractivity contribution in [3.63, 3.8) is 0 Å². The van der Waals surface area contributed by atoms with Crippen LogP contribution in [0, 0.1) is 0 Å². The van der Waals surface area contributed by atoms with Gasteiger partial charge in [0.15, 0.2) is 0 Å².